The molecule has 0 saturated carbocycles. The summed E-state index contributed by atoms with van der Waals surface area (Å²) >= 11 is 0. The van der Waals surface area contributed by atoms with Gasteiger partial charge >= 0.3 is 6.18 Å². The molecule has 1 heterocycles. The number of carbonyl (C=O) groups excluding carboxylic acids is 1. The number of benzene rings is 1. The van der Waals surface area contributed by atoms with E-state index in [1.165, 1.54) is 12.1 Å². The first-order valence-corrected chi connectivity index (χ1v) is 7.58. The molecule has 0 radical (unpaired) electrons. The van der Waals surface area contributed by atoms with Gasteiger partial charge in [0.2, 0.25) is 5.91 Å². The van der Waals surface area contributed by atoms with Crippen LogP contribution in [-0.4, -0.2) is 19.0 Å². The molecule has 2 N–H and O–H groups in total. The summed E-state index contributed by atoms with van der Waals surface area (Å²) in [4.78, 5) is 11.8. The van der Waals surface area contributed by atoms with Crippen molar-refractivity contribution in [1.29, 1.82) is 0 Å². The molecular formula is C16H22ClF3N2O. The van der Waals surface area contributed by atoms with Gasteiger partial charge in [0.15, 0.2) is 0 Å². The van der Waals surface area contributed by atoms with E-state index >= 15 is 0 Å². The summed E-state index contributed by atoms with van der Waals surface area (Å²) in [6.45, 7) is 2.29. The number of piperidine rings is 1. The van der Waals surface area contributed by atoms with Gasteiger partial charge < -0.3 is 10.6 Å². The minimum Gasteiger partial charge on any atom is -0.352 e. The summed E-state index contributed by atoms with van der Waals surface area (Å²) in [6, 6.07) is 4.87. The molecule has 0 atom stereocenters. The summed E-state index contributed by atoms with van der Waals surface area (Å²) in [7, 11) is 0. The number of rotatable bonds is 5. The third-order valence-corrected chi connectivity index (χ3v) is 4.01. The molecular weight excluding hydrogens is 329 g/mol. The van der Waals surface area contributed by atoms with Crippen molar-refractivity contribution in [2.45, 2.75) is 38.4 Å². The number of amides is 1. The molecule has 0 aliphatic carbocycles. The van der Waals surface area contributed by atoms with Crippen molar-refractivity contribution in [3.63, 3.8) is 0 Å². The number of alkyl halides is 3. The van der Waals surface area contributed by atoms with Gasteiger partial charge in [-0.1, -0.05) is 12.1 Å². The zero-order chi connectivity index (χ0) is 16.0. The van der Waals surface area contributed by atoms with E-state index in [1.54, 1.807) is 0 Å². The Bertz CT molecular complexity index is 485. The first kappa shape index (κ1) is 19.8. The monoisotopic (exact) mass is 350 g/mol. The third kappa shape index (κ3) is 6.79. The molecule has 0 unspecified atom stereocenters. The van der Waals surface area contributed by atoms with Gasteiger partial charge in [0, 0.05) is 13.0 Å². The molecule has 1 aliphatic heterocycles. The maximum Gasteiger partial charge on any atom is 0.416 e. The lowest BCUT2D eigenvalue weighted by Crippen LogP contribution is -2.29. The predicted octanol–water partition coefficient (Wildman–Crippen LogP) is 3.52. The van der Waals surface area contributed by atoms with Crippen molar-refractivity contribution >= 4 is 18.3 Å². The van der Waals surface area contributed by atoms with Crippen molar-refractivity contribution in [1.82, 2.24) is 10.6 Å². The van der Waals surface area contributed by atoms with Crippen molar-refractivity contribution in [3.8, 4) is 0 Å². The van der Waals surface area contributed by atoms with Gasteiger partial charge in [-0.15, -0.1) is 12.4 Å². The van der Waals surface area contributed by atoms with E-state index in [1.807, 2.05) is 0 Å². The standard InChI is InChI=1S/C16H21F3N2O.ClH/c17-16(18,19)14-4-1-13(2-5-14)11-21-15(22)6-3-12-7-9-20-10-8-12;/h1-2,4-5,12,20H,3,6-11H2,(H,21,22);1H. The Morgan fingerprint density at radius 1 is 1.17 bits per heavy atom. The van der Waals surface area contributed by atoms with E-state index in [9.17, 15) is 18.0 Å². The van der Waals surface area contributed by atoms with Gasteiger partial charge in [0.1, 0.15) is 0 Å². The van der Waals surface area contributed by atoms with E-state index in [2.05, 4.69) is 10.6 Å². The summed E-state index contributed by atoms with van der Waals surface area (Å²) in [6.07, 6.45) is -0.763. The zero-order valence-corrected chi connectivity index (χ0v) is 13.6. The van der Waals surface area contributed by atoms with Crippen LogP contribution in [0.25, 0.3) is 0 Å². The third-order valence-electron chi connectivity index (χ3n) is 4.01. The molecule has 1 aromatic carbocycles. The maximum absolute atomic E-state index is 12.4. The van der Waals surface area contributed by atoms with Crippen LogP contribution >= 0.6 is 12.4 Å². The summed E-state index contributed by atoms with van der Waals surface area (Å²) < 4.78 is 37.3. The molecule has 23 heavy (non-hydrogen) atoms. The van der Waals surface area contributed by atoms with E-state index in [4.69, 9.17) is 0 Å². The first-order chi connectivity index (χ1) is 10.4. The fourth-order valence-corrected chi connectivity index (χ4v) is 2.61. The Labute approximate surface area is 140 Å². The number of hydrogen-bond donors (Lipinski definition) is 2. The van der Waals surface area contributed by atoms with Gasteiger partial charge in [-0.3, -0.25) is 4.79 Å². The SMILES string of the molecule is Cl.O=C(CCC1CCNCC1)NCc1ccc(C(F)(F)F)cc1. The highest BCUT2D eigenvalue weighted by molar-refractivity contribution is 5.85. The molecule has 0 bridgehead atoms. The van der Waals surface area contributed by atoms with Gasteiger partial charge in [0.05, 0.1) is 5.56 Å². The molecule has 1 aliphatic rings. The highest BCUT2D eigenvalue weighted by atomic mass is 35.5. The Kier molecular flexibility index (Phi) is 7.85. The second kappa shape index (κ2) is 9.13. The average molecular weight is 351 g/mol. The van der Waals surface area contributed by atoms with Crippen LogP contribution in [0.4, 0.5) is 13.2 Å². The predicted molar refractivity (Wildman–Crippen MR) is 85.4 cm³/mol. The van der Waals surface area contributed by atoms with Gasteiger partial charge in [-0.05, 0) is 56.0 Å². The number of carbonyl (C=O) groups is 1. The van der Waals surface area contributed by atoms with Crippen LogP contribution in [0.3, 0.4) is 0 Å². The summed E-state index contributed by atoms with van der Waals surface area (Å²) in [5.74, 6) is 0.552. The average Bonchev–Trinajstić information content (AvgIpc) is 2.51. The molecule has 1 saturated heterocycles. The van der Waals surface area contributed by atoms with Crippen molar-refractivity contribution in [2.24, 2.45) is 5.92 Å². The van der Waals surface area contributed by atoms with Crippen molar-refractivity contribution in [3.05, 3.63) is 35.4 Å². The van der Waals surface area contributed by atoms with Gasteiger partial charge in [-0.2, -0.15) is 13.2 Å². The lowest BCUT2D eigenvalue weighted by Gasteiger charge is -2.22. The van der Waals surface area contributed by atoms with Gasteiger partial charge in [-0.25, -0.2) is 0 Å². The van der Waals surface area contributed by atoms with E-state index in [0.717, 1.165) is 44.5 Å². The quantitative estimate of drug-likeness (QED) is 0.853. The minimum absolute atomic E-state index is 0. The molecule has 0 spiro atoms. The number of halogens is 4. The van der Waals surface area contributed by atoms with Crippen LogP contribution in [0.15, 0.2) is 24.3 Å². The zero-order valence-electron chi connectivity index (χ0n) is 12.8. The van der Waals surface area contributed by atoms with Crippen LogP contribution in [-0.2, 0) is 17.5 Å². The second-order valence-electron chi connectivity index (χ2n) is 5.70. The van der Waals surface area contributed by atoms with Crippen LogP contribution in [0.1, 0.15) is 36.8 Å². The van der Waals surface area contributed by atoms with Crippen LogP contribution in [0, 0.1) is 5.92 Å². The molecule has 0 aromatic heterocycles. The Morgan fingerprint density at radius 3 is 2.35 bits per heavy atom. The normalized spacial score (nSPS) is 15.8. The molecule has 130 valence electrons. The highest BCUT2D eigenvalue weighted by Gasteiger charge is 2.29. The molecule has 3 nitrogen and oxygen atoms in total. The number of nitrogens with one attached hydrogen (secondary N) is 2. The second-order valence-corrected chi connectivity index (χ2v) is 5.70. The van der Waals surface area contributed by atoms with E-state index in [0.29, 0.717) is 17.9 Å². The molecule has 7 heteroatoms. The molecule has 2 rings (SSSR count). The lowest BCUT2D eigenvalue weighted by molar-refractivity contribution is -0.137. The van der Waals surface area contributed by atoms with Crippen molar-refractivity contribution in [2.75, 3.05) is 13.1 Å². The van der Waals surface area contributed by atoms with Crippen molar-refractivity contribution < 1.29 is 18.0 Å². The van der Waals surface area contributed by atoms with E-state index < -0.39 is 11.7 Å². The largest absolute Gasteiger partial charge is 0.416 e. The molecule has 1 aromatic rings. The van der Waals surface area contributed by atoms with Gasteiger partial charge in [0.25, 0.3) is 0 Å². The van der Waals surface area contributed by atoms with Crippen LogP contribution < -0.4 is 10.6 Å². The Balaban J connectivity index is 0.00000264. The Hall–Kier alpha value is -1.27. The minimum atomic E-state index is -4.32. The molecule has 1 amide bonds. The Morgan fingerprint density at radius 2 is 1.78 bits per heavy atom. The van der Waals surface area contributed by atoms with Crippen LogP contribution in [0.5, 0.6) is 0 Å². The van der Waals surface area contributed by atoms with Crippen LogP contribution in [0.2, 0.25) is 0 Å². The highest BCUT2D eigenvalue weighted by Crippen LogP contribution is 2.29. The first-order valence-electron chi connectivity index (χ1n) is 7.58. The van der Waals surface area contributed by atoms with E-state index in [-0.39, 0.29) is 24.9 Å². The summed E-state index contributed by atoms with van der Waals surface area (Å²) in [5, 5.41) is 6.04. The number of hydrogen-bond acceptors (Lipinski definition) is 2. The molecule has 1 fully saturated rings. The topological polar surface area (TPSA) is 41.1 Å². The summed E-state index contributed by atoms with van der Waals surface area (Å²) in [5.41, 5.74) is -0.00305. The fraction of sp³-hybridized carbons (Fsp3) is 0.562. The lowest BCUT2D eigenvalue weighted by atomic mass is 9.93. The fourth-order valence-electron chi connectivity index (χ4n) is 2.61. The maximum atomic E-state index is 12.4. The smallest absolute Gasteiger partial charge is 0.352 e.